The second-order valence-electron chi connectivity index (χ2n) is 6.84. The first-order valence-corrected chi connectivity index (χ1v) is 12.0. The Morgan fingerprint density at radius 1 is 0.971 bits per heavy atom. The van der Waals surface area contributed by atoms with E-state index in [0.717, 1.165) is 17.8 Å². The van der Waals surface area contributed by atoms with Crippen LogP contribution in [0.1, 0.15) is 59.7 Å². The first-order chi connectivity index (χ1) is 16.5. The smallest absolute Gasteiger partial charge is 0.414 e. The minimum atomic E-state index is -1.82. The zero-order valence-electron chi connectivity index (χ0n) is 20.8. The van der Waals surface area contributed by atoms with Crippen molar-refractivity contribution in [2.24, 2.45) is 0 Å². The van der Waals surface area contributed by atoms with Crippen molar-refractivity contribution in [2.45, 2.75) is 41.0 Å². The molecule has 0 fully saturated rings. The lowest BCUT2D eigenvalue weighted by Gasteiger charge is -2.18. The third-order valence-electron chi connectivity index (χ3n) is 4.44. The van der Waals surface area contributed by atoms with E-state index in [-0.39, 0.29) is 30.5 Å². The van der Waals surface area contributed by atoms with Crippen LogP contribution in [0.15, 0.2) is 0 Å². The highest BCUT2D eigenvalue weighted by Gasteiger charge is 2.28. The molecule has 0 bridgehead atoms. The van der Waals surface area contributed by atoms with Crippen LogP contribution in [0.25, 0.3) is 0 Å². The number of amides is 2. The molecule has 0 aliphatic rings. The predicted molar refractivity (Wildman–Crippen MR) is 130 cm³/mol. The van der Waals surface area contributed by atoms with Crippen LogP contribution in [0.3, 0.4) is 0 Å². The Bertz CT molecular complexity index is 855. The van der Waals surface area contributed by atoms with Gasteiger partial charge in [-0.05, 0) is 53.1 Å². The summed E-state index contributed by atoms with van der Waals surface area (Å²) >= 11 is 1.11. The number of nitrogens with zero attached hydrogens (tertiary/aromatic N) is 1. The zero-order valence-corrected chi connectivity index (χ0v) is 21.6. The molecule has 1 rings (SSSR count). The molecular weight excluding hydrogens is 482 g/mol. The highest BCUT2D eigenvalue weighted by molar-refractivity contribution is 7.18. The lowest BCUT2D eigenvalue weighted by atomic mass is 10.1. The average molecular weight is 518 g/mol. The van der Waals surface area contributed by atoms with Gasteiger partial charge in [-0.3, -0.25) is 9.59 Å². The Kier molecular flexibility index (Phi) is 15.9. The SMILES string of the molecule is CCOCCCNCC(=O)Nc1sc(C(=O)N(CC)CC)c(C)c1C(=O)OCC.O=C(O)C(=O)O. The van der Waals surface area contributed by atoms with Crippen LogP contribution in [-0.4, -0.2) is 90.8 Å². The predicted octanol–water partition coefficient (Wildman–Crippen LogP) is 1.83. The molecule has 1 heterocycles. The van der Waals surface area contributed by atoms with E-state index in [1.807, 2.05) is 20.8 Å². The number of carbonyl (C=O) groups is 5. The molecule has 2 amide bonds. The minimum absolute atomic E-state index is 0.102. The van der Waals surface area contributed by atoms with Crippen molar-refractivity contribution in [3.63, 3.8) is 0 Å². The van der Waals surface area contributed by atoms with Gasteiger partial charge in [0.15, 0.2) is 0 Å². The summed E-state index contributed by atoms with van der Waals surface area (Å²) in [5.41, 5.74) is 0.780. The van der Waals surface area contributed by atoms with Gasteiger partial charge in [0.25, 0.3) is 5.91 Å². The number of aliphatic carboxylic acids is 2. The van der Waals surface area contributed by atoms with Crippen LogP contribution in [0.4, 0.5) is 5.00 Å². The van der Waals surface area contributed by atoms with Gasteiger partial charge in [-0.25, -0.2) is 14.4 Å². The van der Waals surface area contributed by atoms with Gasteiger partial charge in [-0.15, -0.1) is 11.3 Å². The quantitative estimate of drug-likeness (QED) is 0.172. The summed E-state index contributed by atoms with van der Waals surface area (Å²) in [7, 11) is 0. The molecule has 4 N–H and O–H groups in total. The van der Waals surface area contributed by atoms with Crippen LogP contribution >= 0.6 is 11.3 Å². The number of hydrogen-bond donors (Lipinski definition) is 4. The van der Waals surface area contributed by atoms with Gasteiger partial charge >= 0.3 is 17.9 Å². The Morgan fingerprint density at radius 3 is 2.06 bits per heavy atom. The Morgan fingerprint density at radius 2 is 1.57 bits per heavy atom. The molecule has 0 aliphatic heterocycles. The molecule has 0 radical (unpaired) electrons. The van der Waals surface area contributed by atoms with Crippen molar-refractivity contribution in [3.8, 4) is 0 Å². The topological polar surface area (TPSA) is 172 Å². The van der Waals surface area contributed by atoms with Gasteiger partial charge in [-0.2, -0.15) is 0 Å². The number of carboxylic acids is 2. The number of carboxylic acid groups (broad SMARTS) is 2. The van der Waals surface area contributed by atoms with E-state index in [1.165, 1.54) is 0 Å². The van der Waals surface area contributed by atoms with E-state index in [1.54, 1.807) is 18.7 Å². The molecule has 35 heavy (non-hydrogen) atoms. The average Bonchev–Trinajstić information content (AvgIpc) is 3.12. The highest BCUT2D eigenvalue weighted by Crippen LogP contribution is 2.34. The fourth-order valence-corrected chi connectivity index (χ4v) is 3.90. The maximum Gasteiger partial charge on any atom is 0.414 e. The standard InChI is InChI=1S/C20H33N3O5S.C2H2O4/c1-6-23(7-2)19(25)17-14(5)16(20(26)28-9-4)18(29-17)22-15(24)13-21-11-10-12-27-8-3;3-1(4)2(5)6/h21H,6-13H2,1-5H3,(H,22,24);(H,3,4)(H,5,6). The molecule has 0 atom stereocenters. The largest absolute Gasteiger partial charge is 0.473 e. The molecule has 0 saturated heterocycles. The van der Waals surface area contributed by atoms with Crippen molar-refractivity contribution in [2.75, 3.05) is 51.3 Å². The van der Waals surface area contributed by atoms with Crippen LogP contribution in [0.5, 0.6) is 0 Å². The lowest BCUT2D eigenvalue weighted by molar-refractivity contribution is -0.159. The third kappa shape index (κ3) is 11.3. The van der Waals surface area contributed by atoms with Gasteiger partial charge in [0, 0.05) is 26.3 Å². The number of esters is 1. The molecule has 1 aromatic heterocycles. The number of rotatable bonds is 13. The van der Waals surface area contributed by atoms with Gasteiger partial charge in [0.05, 0.1) is 23.6 Å². The van der Waals surface area contributed by atoms with Crippen molar-refractivity contribution in [1.82, 2.24) is 10.2 Å². The number of carbonyl (C=O) groups excluding carboxylic acids is 3. The summed E-state index contributed by atoms with van der Waals surface area (Å²) in [5.74, 6) is -4.63. The van der Waals surface area contributed by atoms with Crippen LogP contribution < -0.4 is 10.6 Å². The van der Waals surface area contributed by atoms with Gasteiger partial charge in [-0.1, -0.05) is 0 Å². The van der Waals surface area contributed by atoms with E-state index in [2.05, 4.69) is 10.6 Å². The van der Waals surface area contributed by atoms with Crippen LogP contribution in [0.2, 0.25) is 0 Å². The summed E-state index contributed by atoms with van der Waals surface area (Å²) in [6.45, 7) is 12.6. The highest BCUT2D eigenvalue weighted by atomic mass is 32.1. The zero-order chi connectivity index (χ0) is 27.0. The number of nitrogens with one attached hydrogen (secondary N) is 2. The number of thiophene rings is 1. The summed E-state index contributed by atoms with van der Waals surface area (Å²) in [6, 6.07) is 0. The van der Waals surface area contributed by atoms with Gasteiger partial charge in [0.2, 0.25) is 5.91 Å². The third-order valence-corrected chi connectivity index (χ3v) is 5.63. The van der Waals surface area contributed by atoms with E-state index in [9.17, 15) is 14.4 Å². The molecule has 13 heteroatoms. The first kappa shape index (κ1) is 32.0. The molecule has 12 nitrogen and oxygen atoms in total. The summed E-state index contributed by atoms with van der Waals surface area (Å²) in [6.07, 6.45) is 0.801. The van der Waals surface area contributed by atoms with E-state index >= 15 is 0 Å². The Labute approximate surface area is 208 Å². The maximum absolute atomic E-state index is 12.8. The molecule has 0 aromatic carbocycles. The first-order valence-electron chi connectivity index (χ1n) is 11.2. The molecule has 0 spiro atoms. The van der Waals surface area contributed by atoms with Crippen LogP contribution in [-0.2, 0) is 23.9 Å². The fraction of sp³-hybridized carbons (Fsp3) is 0.591. The van der Waals surface area contributed by atoms with Crippen molar-refractivity contribution in [3.05, 3.63) is 16.0 Å². The fourth-order valence-electron chi connectivity index (χ4n) is 2.73. The lowest BCUT2D eigenvalue weighted by Crippen LogP contribution is -2.30. The second kappa shape index (κ2) is 17.4. The van der Waals surface area contributed by atoms with Crippen molar-refractivity contribution >= 4 is 46.1 Å². The number of anilines is 1. The van der Waals surface area contributed by atoms with E-state index < -0.39 is 17.9 Å². The maximum atomic E-state index is 12.8. The molecule has 0 unspecified atom stereocenters. The summed E-state index contributed by atoms with van der Waals surface area (Å²) in [5, 5.41) is 20.9. The summed E-state index contributed by atoms with van der Waals surface area (Å²) in [4.78, 5) is 57.9. The Balaban J connectivity index is 0.00000170. The van der Waals surface area contributed by atoms with Crippen molar-refractivity contribution < 1.29 is 43.7 Å². The molecule has 0 aliphatic carbocycles. The molecule has 1 aromatic rings. The molecule has 198 valence electrons. The second-order valence-corrected chi connectivity index (χ2v) is 7.86. The van der Waals surface area contributed by atoms with Gasteiger partial charge < -0.3 is 35.2 Å². The Hall–Kier alpha value is -3.03. The summed E-state index contributed by atoms with van der Waals surface area (Å²) < 4.78 is 10.4. The van der Waals surface area contributed by atoms with Crippen LogP contribution in [0, 0.1) is 6.92 Å². The van der Waals surface area contributed by atoms with E-state index in [4.69, 9.17) is 29.3 Å². The molecule has 0 saturated carbocycles. The molecular formula is C22H35N3O9S. The van der Waals surface area contributed by atoms with Gasteiger partial charge in [0.1, 0.15) is 5.00 Å². The monoisotopic (exact) mass is 517 g/mol. The normalized spacial score (nSPS) is 10.1. The minimum Gasteiger partial charge on any atom is -0.473 e. The number of ether oxygens (including phenoxy) is 2. The van der Waals surface area contributed by atoms with E-state index in [0.29, 0.717) is 48.3 Å². The number of hydrogen-bond acceptors (Lipinski definition) is 9. The van der Waals surface area contributed by atoms with Crippen molar-refractivity contribution in [1.29, 1.82) is 0 Å².